The van der Waals surface area contributed by atoms with Crippen molar-refractivity contribution in [3.8, 4) is 0 Å². The van der Waals surface area contributed by atoms with Crippen molar-refractivity contribution in [3.05, 3.63) is 68.7 Å². The molecule has 2 aromatic rings. The van der Waals surface area contributed by atoms with Gasteiger partial charge in [0.05, 0.1) is 4.92 Å². The van der Waals surface area contributed by atoms with Gasteiger partial charge in [0.2, 0.25) is 10.0 Å². The third-order valence-electron chi connectivity index (χ3n) is 7.31. The fourth-order valence-corrected chi connectivity index (χ4v) is 7.68. The summed E-state index contributed by atoms with van der Waals surface area (Å²) in [5.41, 5.74) is 6.83. The molecule has 0 bridgehead atoms. The lowest BCUT2D eigenvalue weighted by Crippen LogP contribution is -2.71. The van der Waals surface area contributed by atoms with E-state index in [4.69, 9.17) is 15.2 Å². The Kier molecular flexibility index (Phi) is 6.73. The smallest absolute Gasteiger partial charge is 0.289 e. The number of nitrogens with zero attached hydrogens (tertiary/aromatic N) is 3. The van der Waals surface area contributed by atoms with E-state index in [1.165, 1.54) is 28.6 Å². The summed E-state index contributed by atoms with van der Waals surface area (Å²) in [5.74, 6) is -0.879. The molecule has 2 aromatic carbocycles. The number of ether oxygens (including phenoxy) is 2. The van der Waals surface area contributed by atoms with E-state index in [1.54, 1.807) is 13.8 Å². The van der Waals surface area contributed by atoms with Crippen LogP contribution in [-0.2, 0) is 19.5 Å². The van der Waals surface area contributed by atoms with E-state index in [1.807, 2.05) is 24.3 Å². The van der Waals surface area contributed by atoms with Crippen LogP contribution in [0.4, 0.5) is 5.69 Å². The van der Waals surface area contributed by atoms with Crippen molar-refractivity contribution in [2.75, 3.05) is 26.2 Å². The molecule has 0 radical (unpaired) electrons. The first-order valence-corrected chi connectivity index (χ1v) is 14.1. The van der Waals surface area contributed by atoms with Crippen molar-refractivity contribution >= 4 is 31.6 Å². The number of fused-ring (bicyclic) bond motifs is 2. The van der Waals surface area contributed by atoms with Crippen LogP contribution in [0.25, 0.3) is 0 Å². The van der Waals surface area contributed by atoms with E-state index in [9.17, 15) is 18.5 Å². The Hall–Kier alpha value is -1.93. The van der Waals surface area contributed by atoms with E-state index < -0.39 is 32.5 Å². The number of halogens is 1. The summed E-state index contributed by atoms with van der Waals surface area (Å²) < 4.78 is 42.4. The predicted molar refractivity (Wildman–Crippen MR) is 136 cm³/mol. The van der Waals surface area contributed by atoms with Crippen molar-refractivity contribution < 1.29 is 22.8 Å². The van der Waals surface area contributed by atoms with Gasteiger partial charge in [0.25, 0.3) is 5.69 Å². The van der Waals surface area contributed by atoms with Crippen molar-refractivity contribution in [2.45, 2.75) is 54.7 Å². The molecule has 0 unspecified atom stereocenters. The van der Waals surface area contributed by atoms with Crippen LogP contribution in [0.3, 0.4) is 0 Å². The predicted octanol–water partition coefficient (Wildman–Crippen LogP) is 2.68. The molecule has 5 rings (SSSR count). The van der Waals surface area contributed by atoms with E-state index in [0.717, 1.165) is 10.0 Å². The maximum absolute atomic E-state index is 13.9. The Morgan fingerprint density at radius 3 is 2.36 bits per heavy atom. The van der Waals surface area contributed by atoms with Gasteiger partial charge in [-0.15, -0.1) is 0 Å². The molecular formula is C24H29BrN4O6S. The summed E-state index contributed by atoms with van der Waals surface area (Å²) in [7, 11) is -4.22. The fourth-order valence-electron chi connectivity index (χ4n) is 5.79. The third-order valence-corrected chi connectivity index (χ3v) is 9.71. The number of hydrogen-bond acceptors (Lipinski definition) is 8. The lowest BCUT2D eigenvalue weighted by atomic mass is 9.74. The first-order chi connectivity index (χ1) is 17.0. The second kappa shape index (κ2) is 9.43. The average Bonchev–Trinajstić information content (AvgIpc) is 3.11. The van der Waals surface area contributed by atoms with Gasteiger partial charge in [-0.05, 0) is 37.6 Å². The zero-order chi connectivity index (χ0) is 25.8. The maximum atomic E-state index is 13.9. The summed E-state index contributed by atoms with van der Waals surface area (Å²) in [6.45, 7) is 4.75. The van der Waals surface area contributed by atoms with Crippen LogP contribution in [0.1, 0.15) is 25.3 Å². The zero-order valence-corrected chi connectivity index (χ0v) is 22.4. The third kappa shape index (κ3) is 4.49. The Balaban J connectivity index is 1.56. The Labute approximate surface area is 218 Å². The SMILES string of the molecule is CC1(C)O[C@H]2CN3[C@H](CN)[C@H](c4ccc(Br)cc4)[C@@H]3CN(S(=O)(=O)c3ccccc3[N+](=O)[O-])C[C@H]2O1. The molecule has 36 heavy (non-hydrogen) atoms. The van der Waals surface area contributed by atoms with Gasteiger partial charge in [-0.2, -0.15) is 4.31 Å². The maximum Gasteiger partial charge on any atom is 0.289 e. The molecular weight excluding hydrogens is 552 g/mol. The zero-order valence-electron chi connectivity index (χ0n) is 20.0. The van der Waals surface area contributed by atoms with Gasteiger partial charge in [0.1, 0.15) is 12.2 Å². The second-order valence-corrected chi connectivity index (χ2v) is 12.7. The molecule has 0 saturated carbocycles. The molecule has 194 valence electrons. The number of sulfonamides is 1. The molecule has 3 aliphatic heterocycles. The highest BCUT2D eigenvalue weighted by atomic mass is 79.9. The summed E-state index contributed by atoms with van der Waals surface area (Å²) in [6.07, 6.45) is -0.894. The fraction of sp³-hybridized carbons (Fsp3) is 0.500. The topological polar surface area (TPSA) is 128 Å². The van der Waals surface area contributed by atoms with Gasteiger partial charge < -0.3 is 15.2 Å². The average molecular weight is 581 g/mol. The minimum Gasteiger partial charge on any atom is -0.343 e. The Morgan fingerprint density at radius 1 is 1.08 bits per heavy atom. The molecule has 3 fully saturated rings. The molecule has 3 heterocycles. The first-order valence-electron chi connectivity index (χ1n) is 11.8. The molecule has 3 saturated heterocycles. The minimum atomic E-state index is -4.22. The van der Waals surface area contributed by atoms with E-state index in [2.05, 4.69) is 20.8 Å². The van der Waals surface area contributed by atoms with Crippen LogP contribution >= 0.6 is 15.9 Å². The first kappa shape index (κ1) is 25.7. The molecule has 10 nitrogen and oxygen atoms in total. The number of nitro groups is 1. The molecule has 12 heteroatoms. The molecule has 3 aliphatic rings. The summed E-state index contributed by atoms with van der Waals surface area (Å²) >= 11 is 3.47. The normalized spacial score (nSPS) is 30.5. The van der Waals surface area contributed by atoms with Gasteiger partial charge in [0.15, 0.2) is 10.7 Å². The molecule has 0 aromatic heterocycles. The minimum absolute atomic E-state index is 0.00144. The quantitative estimate of drug-likeness (QED) is 0.422. The van der Waals surface area contributed by atoms with Gasteiger partial charge in [-0.1, -0.05) is 40.2 Å². The summed E-state index contributed by atoms with van der Waals surface area (Å²) in [6, 6.07) is 13.2. The van der Waals surface area contributed by atoms with Crippen molar-refractivity contribution in [2.24, 2.45) is 5.73 Å². The Bertz CT molecular complexity index is 1260. The Morgan fingerprint density at radius 2 is 1.72 bits per heavy atom. The summed E-state index contributed by atoms with van der Waals surface area (Å²) in [4.78, 5) is 12.9. The van der Waals surface area contributed by atoms with Crippen LogP contribution in [-0.4, -0.2) is 78.8 Å². The van der Waals surface area contributed by atoms with E-state index in [0.29, 0.717) is 13.1 Å². The lowest BCUT2D eigenvalue weighted by Gasteiger charge is -2.58. The van der Waals surface area contributed by atoms with Gasteiger partial charge in [-0.3, -0.25) is 15.0 Å². The number of rotatable bonds is 5. The molecule has 0 spiro atoms. The summed E-state index contributed by atoms with van der Waals surface area (Å²) in [5, 5.41) is 11.7. The number of para-hydroxylation sites is 1. The number of benzene rings is 2. The number of nitro benzene ring substituents is 1. The number of hydrogen-bond donors (Lipinski definition) is 1. The van der Waals surface area contributed by atoms with E-state index >= 15 is 0 Å². The van der Waals surface area contributed by atoms with Gasteiger partial charge in [0, 0.05) is 54.7 Å². The molecule has 0 amide bonds. The highest BCUT2D eigenvalue weighted by molar-refractivity contribution is 9.10. The van der Waals surface area contributed by atoms with Crippen LogP contribution < -0.4 is 5.73 Å². The highest BCUT2D eigenvalue weighted by Gasteiger charge is 2.55. The molecule has 0 aliphatic carbocycles. The second-order valence-electron chi connectivity index (χ2n) is 9.90. The van der Waals surface area contributed by atoms with Crippen LogP contribution in [0, 0.1) is 10.1 Å². The largest absolute Gasteiger partial charge is 0.343 e. The van der Waals surface area contributed by atoms with Gasteiger partial charge in [-0.25, -0.2) is 8.42 Å². The highest BCUT2D eigenvalue weighted by Crippen LogP contribution is 2.45. The lowest BCUT2D eigenvalue weighted by molar-refractivity contribution is -0.387. The van der Waals surface area contributed by atoms with Crippen molar-refractivity contribution in [1.82, 2.24) is 9.21 Å². The van der Waals surface area contributed by atoms with Crippen LogP contribution in [0.5, 0.6) is 0 Å². The number of nitrogens with two attached hydrogens (primary N) is 1. The van der Waals surface area contributed by atoms with Gasteiger partial charge >= 0.3 is 0 Å². The van der Waals surface area contributed by atoms with Crippen molar-refractivity contribution in [1.29, 1.82) is 0 Å². The monoisotopic (exact) mass is 580 g/mol. The van der Waals surface area contributed by atoms with Crippen LogP contribution in [0.15, 0.2) is 57.9 Å². The van der Waals surface area contributed by atoms with Crippen LogP contribution in [0.2, 0.25) is 0 Å². The molecule has 2 N–H and O–H groups in total. The van der Waals surface area contributed by atoms with Crippen molar-refractivity contribution in [3.63, 3.8) is 0 Å². The molecule has 5 atom stereocenters. The standard InChI is InChI=1S/C24H29BrN4O6S/c1-24(2)34-20-13-27(36(32,33)22-6-4-3-5-17(22)29(30)31)12-19-23(15-7-9-16(25)10-8-15)18(11-26)28(19)14-21(20)35-24/h3-10,18-21,23H,11-14,26H2,1-2H3/t18-,19+,20-,21+,23+/m1/s1. The van der Waals surface area contributed by atoms with E-state index in [-0.39, 0.29) is 42.1 Å².